The van der Waals surface area contributed by atoms with E-state index in [-0.39, 0.29) is 0 Å². The lowest BCUT2D eigenvalue weighted by Gasteiger charge is -2.06. The highest BCUT2D eigenvalue weighted by atomic mass is 14.9. The molecule has 0 spiro atoms. The highest BCUT2D eigenvalue weighted by Crippen LogP contribution is 2.18. The van der Waals surface area contributed by atoms with Crippen molar-refractivity contribution < 1.29 is 0 Å². The Labute approximate surface area is 91.7 Å². The number of nitrogens with zero attached hydrogens (tertiary/aromatic N) is 1. The lowest BCUT2D eigenvalue weighted by Crippen LogP contribution is -2.12. The van der Waals surface area contributed by atoms with Crippen LogP contribution in [0, 0.1) is 6.92 Å². The summed E-state index contributed by atoms with van der Waals surface area (Å²) in [5, 5.41) is 3.12. The molecule has 1 aromatic carbocycles. The zero-order valence-corrected chi connectivity index (χ0v) is 9.83. The van der Waals surface area contributed by atoms with E-state index in [0.29, 0.717) is 0 Å². The summed E-state index contributed by atoms with van der Waals surface area (Å²) < 4.78 is 0. The van der Waals surface area contributed by atoms with Crippen molar-refractivity contribution in [2.45, 2.75) is 20.8 Å². The standard InChI is InChI=1S/C13H18N2/c1-5-12(14-4)11(3)15-13-9-7-6-8-10(13)2/h5-9,14H,1-4H3/b12-5-,15-11?. The SMILES string of the molecule is C/C=C(\NC)C(C)=Nc1ccccc1C. The van der Waals surface area contributed by atoms with Gasteiger partial charge in [-0.05, 0) is 32.4 Å². The molecule has 2 nitrogen and oxygen atoms in total. The van der Waals surface area contributed by atoms with E-state index in [2.05, 4.69) is 23.3 Å². The van der Waals surface area contributed by atoms with Crippen LogP contribution in [0.25, 0.3) is 0 Å². The van der Waals surface area contributed by atoms with Gasteiger partial charge in [0, 0.05) is 7.05 Å². The normalized spacial score (nSPS) is 12.8. The van der Waals surface area contributed by atoms with Crippen LogP contribution in [0.5, 0.6) is 0 Å². The summed E-state index contributed by atoms with van der Waals surface area (Å²) >= 11 is 0. The van der Waals surface area contributed by atoms with Crippen LogP contribution in [0.2, 0.25) is 0 Å². The zero-order chi connectivity index (χ0) is 11.3. The van der Waals surface area contributed by atoms with Gasteiger partial charge in [0.15, 0.2) is 0 Å². The van der Waals surface area contributed by atoms with Crippen molar-refractivity contribution in [2.24, 2.45) is 4.99 Å². The Morgan fingerprint density at radius 2 is 2.00 bits per heavy atom. The predicted molar refractivity (Wildman–Crippen MR) is 66.8 cm³/mol. The van der Waals surface area contributed by atoms with Crippen molar-refractivity contribution in [3.05, 3.63) is 41.6 Å². The largest absolute Gasteiger partial charge is 0.387 e. The maximum atomic E-state index is 4.59. The molecule has 0 saturated carbocycles. The van der Waals surface area contributed by atoms with Crippen LogP contribution in [0.4, 0.5) is 5.69 Å². The number of nitrogens with one attached hydrogen (secondary N) is 1. The third-order valence-electron chi connectivity index (χ3n) is 2.35. The van der Waals surface area contributed by atoms with E-state index in [0.717, 1.165) is 17.1 Å². The number of aryl methyl sites for hydroxylation is 1. The summed E-state index contributed by atoms with van der Waals surface area (Å²) in [6.45, 7) is 6.09. The first-order valence-corrected chi connectivity index (χ1v) is 5.14. The van der Waals surface area contributed by atoms with Crippen LogP contribution in [-0.2, 0) is 0 Å². The first-order valence-electron chi connectivity index (χ1n) is 5.14. The van der Waals surface area contributed by atoms with Gasteiger partial charge < -0.3 is 5.32 Å². The number of allylic oxidation sites excluding steroid dienone is 2. The molecule has 0 unspecified atom stereocenters. The molecule has 0 fully saturated rings. The molecule has 2 heteroatoms. The lowest BCUT2D eigenvalue weighted by atomic mass is 10.2. The minimum absolute atomic E-state index is 1.01. The van der Waals surface area contributed by atoms with Crippen molar-refractivity contribution in [3.63, 3.8) is 0 Å². The highest BCUT2D eigenvalue weighted by Gasteiger charge is 1.99. The molecule has 0 heterocycles. The van der Waals surface area contributed by atoms with Gasteiger partial charge in [-0.2, -0.15) is 0 Å². The second kappa shape index (κ2) is 5.35. The molecule has 0 saturated heterocycles. The Bertz CT molecular complexity index is 389. The van der Waals surface area contributed by atoms with Gasteiger partial charge in [-0.15, -0.1) is 0 Å². The molecular weight excluding hydrogens is 184 g/mol. The zero-order valence-electron chi connectivity index (χ0n) is 9.83. The number of benzene rings is 1. The molecule has 0 amide bonds. The Hall–Kier alpha value is -1.57. The smallest absolute Gasteiger partial charge is 0.0662 e. The van der Waals surface area contributed by atoms with Crippen LogP contribution >= 0.6 is 0 Å². The van der Waals surface area contributed by atoms with Crippen molar-refractivity contribution >= 4 is 11.4 Å². The van der Waals surface area contributed by atoms with E-state index in [1.54, 1.807) is 0 Å². The Balaban J connectivity index is 3.02. The van der Waals surface area contributed by atoms with Crippen LogP contribution in [0.1, 0.15) is 19.4 Å². The van der Waals surface area contributed by atoms with Gasteiger partial charge in [0.05, 0.1) is 17.1 Å². The second-order valence-electron chi connectivity index (χ2n) is 3.44. The average molecular weight is 202 g/mol. The summed E-state index contributed by atoms with van der Waals surface area (Å²) in [7, 11) is 1.91. The molecule has 80 valence electrons. The van der Waals surface area contributed by atoms with E-state index >= 15 is 0 Å². The van der Waals surface area contributed by atoms with Gasteiger partial charge >= 0.3 is 0 Å². The van der Waals surface area contributed by atoms with Gasteiger partial charge in [-0.25, -0.2) is 0 Å². The van der Waals surface area contributed by atoms with Gasteiger partial charge in [0.1, 0.15) is 0 Å². The molecule has 0 bridgehead atoms. The Kier molecular flexibility index (Phi) is 4.10. The van der Waals surface area contributed by atoms with E-state index in [4.69, 9.17) is 0 Å². The lowest BCUT2D eigenvalue weighted by molar-refractivity contribution is 1.04. The van der Waals surface area contributed by atoms with Crippen LogP contribution in [-0.4, -0.2) is 12.8 Å². The predicted octanol–water partition coefficient (Wildman–Crippen LogP) is 3.21. The average Bonchev–Trinajstić information content (AvgIpc) is 2.23. The first kappa shape index (κ1) is 11.5. The van der Waals surface area contributed by atoms with Crippen molar-refractivity contribution in [2.75, 3.05) is 7.05 Å². The molecular formula is C13H18N2. The monoisotopic (exact) mass is 202 g/mol. The topological polar surface area (TPSA) is 24.4 Å². The molecule has 0 radical (unpaired) electrons. The molecule has 0 aliphatic carbocycles. The number of hydrogen-bond donors (Lipinski definition) is 1. The molecule has 1 N–H and O–H groups in total. The molecule has 0 aromatic heterocycles. The van der Waals surface area contributed by atoms with E-state index < -0.39 is 0 Å². The molecule has 1 rings (SSSR count). The third kappa shape index (κ3) is 2.94. The first-order chi connectivity index (χ1) is 7.19. The van der Waals surface area contributed by atoms with Gasteiger partial charge in [-0.1, -0.05) is 24.3 Å². The minimum Gasteiger partial charge on any atom is -0.387 e. The van der Waals surface area contributed by atoms with Gasteiger partial charge in [0.2, 0.25) is 0 Å². The summed E-state index contributed by atoms with van der Waals surface area (Å²) in [6.07, 6.45) is 2.02. The fraction of sp³-hybridized carbons (Fsp3) is 0.308. The van der Waals surface area contributed by atoms with Crippen LogP contribution in [0.15, 0.2) is 41.0 Å². The molecule has 0 atom stereocenters. The maximum Gasteiger partial charge on any atom is 0.0662 e. The fourth-order valence-electron chi connectivity index (χ4n) is 1.46. The summed E-state index contributed by atoms with van der Waals surface area (Å²) in [4.78, 5) is 4.59. The van der Waals surface area contributed by atoms with Crippen molar-refractivity contribution in [1.29, 1.82) is 0 Å². The van der Waals surface area contributed by atoms with E-state index in [1.165, 1.54) is 5.56 Å². The fourth-order valence-corrected chi connectivity index (χ4v) is 1.46. The third-order valence-corrected chi connectivity index (χ3v) is 2.35. The number of aliphatic imine (C=N–C) groups is 1. The highest BCUT2D eigenvalue weighted by molar-refractivity contribution is 5.99. The maximum absolute atomic E-state index is 4.59. The summed E-state index contributed by atoms with van der Waals surface area (Å²) in [5.74, 6) is 0. The molecule has 1 aromatic rings. The van der Waals surface area contributed by atoms with Crippen molar-refractivity contribution in [1.82, 2.24) is 5.32 Å². The number of rotatable bonds is 3. The molecule has 0 aliphatic heterocycles. The second-order valence-corrected chi connectivity index (χ2v) is 3.44. The number of hydrogen-bond acceptors (Lipinski definition) is 2. The molecule has 15 heavy (non-hydrogen) atoms. The van der Waals surface area contributed by atoms with Crippen LogP contribution in [0.3, 0.4) is 0 Å². The van der Waals surface area contributed by atoms with E-state index in [1.807, 2.05) is 45.2 Å². The quantitative estimate of drug-likeness (QED) is 0.748. The molecule has 0 aliphatic rings. The number of para-hydroxylation sites is 1. The summed E-state index contributed by atoms with van der Waals surface area (Å²) in [6, 6.07) is 8.13. The van der Waals surface area contributed by atoms with Crippen LogP contribution < -0.4 is 5.32 Å². The van der Waals surface area contributed by atoms with Gasteiger partial charge in [-0.3, -0.25) is 4.99 Å². The minimum atomic E-state index is 1.01. The van der Waals surface area contributed by atoms with Crippen molar-refractivity contribution in [3.8, 4) is 0 Å². The summed E-state index contributed by atoms with van der Waals surface area (Å²) in [5.41, 5.74) is 4.31. The Morgan fingerprint density at radius 1 is 1.33 bits per heavy atom. The van der Waals surface area contributed by atoms with Gasteiger partial charge in [0.25, 0.3) is 0 Å². The Morgan fingerprint density at radius 3 is 2.53 bits per heavy atom. The van der Waals surface area contributed by atoms with E-state index in [9.17, 15) is 0 Å².